The minimum Gasteiger partial charge on any atom is -0.487 e. The Balaban J connectivity index is 1.63. The molecule has 7 nitrogen and oxygen atoms in total. The van der Waals surface area contributed by atoms with E-state index in [9.17, 15) is 18.3 Å². The molecule has 13 heteroatoms. The van der Waals surface area contributed by atoms with E-state index in [4.69, 9.17) is 16.3 Å². The zero-order valence-corrected chi connectivity index (χ0v) is 18.3. The summed E-state index contributed by atoms with van der Waals surface area (Å²) in [6.45, 7) is -1.08. The number of ether oxygens (including phenoxy) is 1. The van der Waals surface area contributed by atoms with Gasteiger partial charge in [0.1, 0.15) is 41.8 Å². The zero-order valence-electron chi connectivity index (χ0n) is 17.5. The van der Waals surface area contributed by atoms with Gasteiger partial charge in [0.2, 0.25) is 0 Å². The van der Waals surface area contributed by atoms with E-state index in [-0.39, 0.29) is 17.4 Å². The van der Waals surface area contributed by atoms with Crippen LogP contribution in [0.1, 0.15) is 16.8 Å². The van der Waals surface area contributed by atoms with Gasteiger partial charge in [-0.05, 0) is 52.4 Å². The molecule has 0 amide bonds. The minimum atomic E-state index is -4.20. The van der Waals surface area contributed by atoms with Crippen LogP contribution >= 0.6 is 11.6 Å². The van der Waals surface area contributed by atoms with E-state index in [0.29, 0.717) is 17.7 Å². The van der Waals surface area contributed by atoms with Crippen molar-refractivity contribution in [1.29, 1.82) is 0 Å². The standard InChI is InChI=1S/C22H15ClF5N5O2/c23-17-5-1-13(7-19(17)26)10-35-15-3-6-20(29-9-15)22(27,28)21(34,11-33-12-30-31-32-33)16-4-2-14(24)8-18(16)25/h1-9,12,34H,10-11H2. The molecule has 4 aromatic rings. The van der Waals surface area contributed by atoms with Gasteiger partial charge in [-0.15, -0.1) is 5.10 Å². The van der Waals surface area contributed by atoms with Crippen LogP contribution in [0.5, 0.6) is 5.75 Å². The van der Waals surface area contributed by atoms with Crippen LogP contribution < -0.4 is 4.74 Å². The molecular formula is C22H15ClF5N5O2. The molecule has 35 heavy (non-hydrogen) atoms. The number of aromatic nitrogens is 5. The van der Waals surface area contributed by atoms with Crippen molar-refractivity contribution in [2.75, 3.05) is 0 Å². The van der Waals surface area contributed by atoms with Crippen LogP contribution in [-0.2, 0) is 24.7 Å². The van der Waals surface area contributed by atoms with Crippen LogP contribution in [0.25, 0.3) is 0 Å². The molecule has 0 saturated carbocycles. The van der Waals surface area contributed by atoms with E-state index in [2.05, 4.69) is 20.5 Å². The van der Waals surface area contributed by atoms with E-state index in [1.165, 1.54) is 12.1 Å². The highest BCUT2D eigenvalue weighted by Gasteiger charge is 2.58. The first kappa shape index (κ1) is 24.5. The molecule has 0 fully saturated rings. The first-order chi connectivity index (χ1) is 16.6. The summed E-state index contributed by atoms with van der Waals surface area (Å²) in [7, 11) is 0. The second kappa shape index (κ2) is 9.55. The molecule has 2 aromatic heterocycles. The fraction of sp³-hybridized carbons (Fsp3) is 0.182. The van der Waals surface area contributed by atoms with Crippen molar-refractivity contribution in [2.45, 2.75) is 24.7 Å². The molecule has 0 spiro atoms. The van der Waals surface area contributed by atoms with Crippen molar-refractivity contribution in [3.05, 3.63) is 100 Å². The van der Waals surface area contributed by atoms with Gasteiger partial charge in [-0.2, -0.15) is 8.78 Å². The maximum Gasteiger partial charge on any atom is 0.323 e. The van der Waals surface area contributed by atoms with Gasteiger partial charge in [0.05, 0.1) is 17.8 Å². The second-order valence-corrected chi connectivity index (χ2v) is 7.89. The van der Waals surface area contributed by atoms with Crippen molar-refractivity contribution in [1.82, 2.24) is 25.2 Å². The van der Waals surface area contributed by atoms with Gasteiger partial charge >= 0.3 is 5.92 Å². The fourth-order valence-corrected chi connectivity index (χ4v) is 3.44. The first-order valence-electron chi connectivity index (χ1n) is 9.90. The maximum absolute atomic E-state index is 15.7. The number of halogens is 6. The van der Waals surface area contributed by atoms with E-state index < -0.39 is 46.8 Å². The van der Waals surface area contributed by atoms with Crippen molar-refractivity contribution >= 4 is 11.6 Å². The molecule has 0 aliphatic carbocycles. The van der Waals surface area contributed by atoms with Gasteiger partial charge < -0.3 is 9.84 Å². The third kappa shape index (κ3) is 4.93. The van der Waals surface area contributed by atoms with Gasteiger partial charge in [0.15, 0.2) is 5.60 Å². The van der Waals surface area contributed by atoms with E-state index in [1.54, 1.807) is 0 Å². The van der Waals surface area contributed by atoms with Crippen LogP contribution in [0.2, 0.25) is 5.02 Å². The molecule has 1 unspecified atom stereocenters. The van der Waals surface area contributed by atoms with Crippen LogP contribution in [0.4, 0.5) is 22.0 Å². The molecule has 2 aromatic carbocycles. The third-order valence-electron chi connectivity index (χ3n) is 5.13. The van der Waals surface area contributed by atoms with Crippen LogP contribution in [0.15, 0.2) is 61.1 Å². The number of rotatable bonds is 8. The highest BCUT2D eigenvalue weighted by Crippen LogP contribution is 2.46. The predicted octanol–water partition coefficient (Wildman–Crippen LogP) is 4.40. The highest BCUT2D eigenvalue weighted by atomic mass is 35.5. The Morgan fingerprint density at radius 2 is 1.80 bits per heavy atom. The summed E-state index contributed by atoms with van der Waals surface area (Å²) >= 11 is 5.63. The average molecular weight is 512 g/mol. The molecule has 0 aliphatic heterocycles. The SMILES string of the molecule is OC(Cn1cnnn1)(c1ccc(F)cc1F)C(F)(F)c1ccc(OCc2ccc(Cl)c(F)c2)cn1. The molecule has 2 heterocycles. The van der Waals surface area contributed by atoms with Gasteiger partial charge in [-0.25, -0.2) is 17.9 Å². The Labute approximate surface area is 199 Å². The molecule has 0 saturated heterocycles. The highest BCUT2D eigenvalue weighted by molar-refractivity contribution is 6.30. The lowest BCUT2D eigenvalue weighted by Gasteiger charge is -2.35. The first-order valence-corrected chi connectivity index (χ1v) is 10.3. The molecule has 0 aliphatic rings. The van der Waals surface area contributed by atoms with Crippen molar-refractivity contribution in [3.63, 3.8) is 0 Å². The Morgan fingerprint density at radius 1 is 1.00 bits per heavy atom. The summed E-state index contributed by atoms with van der Waals surface area (Å²) in [5.74, 6) is -7.18. The quantitative estimate of drug-likeness (QED) is 0.353. The van der Waals surface area contributed by atoms with E-state index in [0.717, 1.165) is 41.5 Å². The summed E-state index contributed by atoms with van der Waals surface area (Å²) in [5, 5.41) is 21.2. The monoisotopic (exact) mass is 511 g/mol. The summed E-state index contributed by atoms with van der Waals surface area (Å²) < 4.78 is 79.1. The number of tetrazole rings is 1. The van der Waals surface area contributed by atoms with Gasteiger partial charge in [0, 0.05) is 11.6 Å². The topological polar surface area (TPSA) is 86.0 Å². The van der Waals surface area contributed by atoms with Crippen molar-refractivity contribution < 1.29 is 31.8 Å². The lowest BCUT2D eigenvalue weighted by atomic mass is 9.84. The molecule has 0 radical (unpaired) electrons. The predicted molar refractivity (Wildman–Crippen MR) is 112 cm³/mol. The second-order valence-electron chi connectivity index (χ2n) is 7.48. The fourth-order valence-electron chi connectivity index (χ4n) is 3.33. The molecule has 0 bridgehead atoms. The van der Waals surface area contributed by atoms with Gasteiger partial charge in [-0.3, -0.25) is 4.98 Å². The molecule has 4 rings (SSSR count). The van der Waals surface area contributed by atoms with E-state index in [1.807, 2.05) is 0 Å². The Bertz CT molecular complexity index is 1320. The number of hydrogen-bond donors (Lipinski definition) is 1. The number of aliphatic hydroxyl groups is 1. The summed E-state index contributed by atoms with van der Waals surface area (Å²) in [6.07, 6.45) is 1.92. The summed E-state index contributed by atoms with van der Waals surface area (Å²) in [4.78, 5) is 3.67. The van der Waals surface area contributed by atoms with Gasteiger partial charge in [0.25, 0.3) is 0 Å². The van der Waals surface area contributed by atoms with Crippen LogP contribution in [0.3, 0.4) is 0 Å². The lowest BCUT2D eigenvalue weighted by Crippen LogP contribution is -2.48. The van der Waals surface area contributed by atoms with Crippen LogP contribution in [0, 0.1) is 17.5 Å². The largest absolute Gasteiger partial charge is 0.487 e. The Kier molecular flexibility index (Phi) is 6.68. The summed E-state index contributed by atoms with van der Waals surface area (Å²) in [5.41, 5.74) is -4.63. The molecular weight excluding hydrogens is 497 g/mol. The molecule has 1 N–H and O–H groups in total. The van der Waals surface area contributed by atoms with Crippen molar-refractivity contribution in [3.8, 4) is 5.75 Å². The zero-order chi connectivity index (χ0) is 25.2. The van der Waals surface area contributed by atoms with E-state index >= 15 is 8.78 Å². The molecule has 1 atom stereocenters. The smallest absolute Gasteiger partial charge is 0.323 e. The average Bonchev–Trinajstić information content (AvgIpc) is 3.32. The number of nitrogens with zero attached hydrogens (tertiary/aromatic N) is 5. The number of pyridine rings is 1. The minimum absolute atomic E-state index is 0.0613. The molecule has 182 valence electrons. The lowest BCUT2D eigenvalue weighted by molar-refractivity contribution is -0.207. The summed E-state index contributed by atoms with van der Waals surface area (Å²) in [6, 6.07) is 7.89. The van der Waals surface area contributed by atoms with Crippen LogP contribution in [-0.4, -0.2) is 30.3 Å². The maximum atomic E-state index is 15.7. The normalized spacial score (nSPS) is 13.5. The third-order valence-corrected chi connectivity index (χ3v) is 5.43. The van der Waals surface area contributed by atoms with Gasteiger partial charge in [-0.1, -0.05) is 17.7 Å². The number of alkyl halides is 2. The number of benzene rings is 2. The Hall–Kier alpha value is -3.64. The number of hydrogen-bond acceptors (Lipinski definition) is 6. The Morgan fingerprint density at radius 3 is 2.43 bits per heavy atom. The van der Waals surface area contributed by atoms with Crippen molar-refractivity contribution in [2.24, 2.45) is 0 Å².